The summed E-state index contributed by atoms with van der Waals surface area (Å²) in [5, 5.41) is 3.06. The largest absolute Gasteiger partial charge is 0.295 e. The molecule has 3 heteroatoms. The lowest BCUT2D eigenvalue weighted by atomic mass is 10.2. The standard InChI is InChI=1S/C12H14N2O/c1-8-5-4-6-11(7-8)14-12(15)9(2)10(3)13-14/h4-7,13H,1-3H3. The average Bonchev–Trinajstić information content (AvgIpc) is 2.46. The minimum absolute atomic E-state index is 0.0260. The Bertz CT molecular complexity index is 549. The second kappa shape index (κ2) is 3.42. The van der Waals surface area contributed by atoms with Gasteiger partial charge in [0.15, 0.2) is 0 Å². The monoisotopic (exact) mass is 202 g/mol. The van der Waals surface area contributed by atoms with Gasteiger partial charge in [-0.3, -0.25) is 9.89 Å². The van der Waals surface area contributed by atoms with Gasteiger partial charge in [0.2, 0.25) is 0 Å². The SMILES string of the molecule is Cc1cccc(-n2[nH]c(C)c(C)c2=O)c1. The molecule has 0 bridgehead atoms. The van der Waals surface area contributed by atoms with Gasteiger partial charge in [-0.2, -0.15) is 0 Å². The van der Waals surface area contributed by atoms with Gasteiger partial charge in [-0.05, 0) is 38.5 Å². The summed E-state index contributed by atoms with van der Waals surface area (Å²) >= 11 is 0. The van der Waals surface area contributed by atoms with E-state index in [0.29, 0.717) is 0 Å². The summed E-state index contributed by atoms with van der Waals surface area (Å²) in [7, 11) is 0. The summed E-state index contributed by atoms with van der Waals surface area (Å²) in [6.07, 6.45) is 0. The van der Waals surface area contributed by atoms with Crippen molar-refractivity contribution in [2.24, 2.45) is 0 Å². The number of nitrogens with zero attached hydrogens (tertiary/aromatic N) is 1. The minimum Gasteiger partial charge on any atom is -0.295 e. The van der Waals surface area contributed by atoms with Crippen LogP contribution >= 0.6 is 0 Å². The van der Waals surface area contributed by atoms with Crippen molar-refractivity contribution in [3.8, 4) is 5.69 Å². The van der Waals surface area contributed by atoms with Crippen molar-refractivity contribution >= 4 is 0 Å². The van der Waals surface area contributed by atoms with Gasteiger partial charge in [0.05, 0.1) is 5.69 Å². The molecule has 0 saturated carbocycles. The van der Waals surface area contributed by atoms with Crippen LogP contribution in [0.5, 0.6) is 0 Å². The van der Waals surface area contributed by atoms with Crippen molar-refractivity contribution in [3.05, 3.63) is 51.4 Å². The van der Waals surface area contributed by atoms with Crippen LogP contribution in [0.3, 0.4) is 0 Å². The topological polar surface area (TPSA) is 37.8 Å². The molecule has 0 radical (unpaired) electrons. The van der Waals surface area contributed by atoms with Crippen molar-refractivity contribution in [2.75, 3.05) is 0 Å². The number of benzene rings is 1. The van der Waals surface area contributed by atoms with Crippen LogP contribution in [0.2, 0.25) is 0 Å². The highest BCUT2D eigenvalue weighted by atomic mass is 16.1. The number of rotatable bonds is 1. The maximum absolute atomic E-state index is 11.8. The summed E-state index contributed by atoms with van der Waals surface area (Å²) in [6, 6.07) is 7.86. The summed E-state index contributed by atoms with van der Waals surface area (Å²) in [5.41, 5.74) is 3.75. The van der Waals surface area contributed by atoms with Gasteiger partial charge in [0.1, 0.15) is 0 Å². The molecular weight excluding hydrogens is 188 g/mol. The first-order valence-corrected chi connectivity index (χ1v) is 4.95. The van der Waals surface area contributed by atoms with Crippen LogP contribution in [-0.4, -0.2) is 9.78 Å². The molecular formula is C12H14N2O. The Hall–Kier alpha value is -1.77. The highest BCUT2D eigenvalue weighted by Crippen LogP contribution is 2.08. The molecule has 0 atom stereocenters. The molecule has 0 aliphatic heterocycles. The molecule has 1 aromatic heterocycles. The van der Waals surface area contributed by atoms with Crippen LogP contribution in [0.4, 0.5) is 0 Å². The van der Waals surface area contributed by atoms with Crippen LogP contribution in [0, 0.1) is 20.8 Å². The van der Waals surface area contributed by atoms with E-state index in [4.69, 9.17) is 0 Å². The van der Waals surface area contributed by atoms with E-state index in [1.807, 2.05) is 45.0 Å². The van der Waals surface area contributed by atoms with Gasteiger partial charge in [-0.15, -0.1) is 0 Å². The van der Waals surface area contributed by atoms with E-state index < -0.39 is 0 Å². The lowest BCUT2D eigenvalue weighted by Gasteiger charge is -2.02. The van der Waals surface area contributed by atoms with E-state index in [2.05, 4.69) is 5.10 Å². The maximum Gasteiger partial charge on any atom is 0.274 e. The molecule has 1 heterocycles. The minimum atomic E-state index is 0.0260. The van der Waals surface area contributed by atoms with Crippen LogP contribution in [0.25, 0.3) is 5.69 Å². The second-order valence-corrected chi connectivity index (χ2v) is 3.84. The Balaban J connectivity index is 2.64. The van der Waals surface area contributed by atoms with E-state index in [1.165, 1.54) is 0 Å². The fourth-order valence-corrected chi connectivity index (χ4v) is 1.58. The zero-order valence-corrected chi connectivity index (χ0v) is 9.16. The van der Waals surface area contributed by atoms with Crippen molar-refractivity contribution < 1.29 is 0 Å². The van der Waals surface area contributed by atoms with Crippen LogP contribution in [0.15, 0.2) is 29.1 Å². The highest BCUT2D eigenvalue weighted by Gasteiger charge is 2.07. The lowest BCUT2D eigenvalue weighted by molar-refractivity contribution is 0.834. The van der Waals surface area contributed by atoms with Crippen molar-refractivity contribution in [1.82, 2.24) is 9.78 Å². The Kier molecular flexibility index (Phi) is 2.23. The molecule has 2 rings (SSSR count). The van der Waals surface area contributed by atoms with Gasteiger partial charge >= 0.3 is 0 Å². The van der Waals surface area contributed by atoms with Gasteiger partial charge in [-0.25, -0.2) is 4.68 Å². The Morgan fingerprint density at radius 2 is 1.93 bits per heavy atom. The smallest absolute Gasteiger partial charge is 0.274 e. The molecule has 0 spiro atoms. The zero-order chi connectivity index (χ0) is 11.0. The molecule has 0 unspecified atom stereocenters. The summed E-state index contributed by atoms with van der Waals surface area (Å²) in [6.45, 7) is 5.75. The van der Waals surface area contributed by atoms with Crippen molar-refractivity contribution in [2.45, 2.75) is 20.8 Å². The number of aryl methyl sites for hydroxylation is 2. The molecule has 0 aliphatic carbocycles. The first kappa shape index (κ1) is 9.77. The first-order valence-electron chi connectivity index (χ1n) is 4.95. The number of hydrogen-bond donors (Lipinski definition) is 1. The third-order valence-electron chi connectivity index (χ3n) is 2.63. The van der Waals surface area contributed by atoms with Gasteiger partial charge < -0.3 is 0 Å². The molecule has 0 aliphatic rings. The fourth-order valence-electron chi connectivity index (χ4n) is 1.58. The van der Waals surface area contributed by atoms with Gasteiger partial charge in [0.25, 0.3) is 5.56 Å². The summed E-state index contributed by atoms with van der Waals surface area (Å²) < 4.78 is 1.58. The number of hydrogen-bond acceptors (Lipinski definition) is 1. The quantitative estimate of drug-likeness (QED) is 0.755. The van der Waals surface area contributed by atoms with Gasteiger partial charge in [-0.1, -0.05) is 12.1 Å². The molecule has 0 fully saturated rings. The molecule has 3 nitrogen and oxygen atoms in total. The first-order chi connectivity index (χ1) is 7.09. The highest BCUT2D eigenvalue weighted by molar-refractivity contribution is 5.35. The lowest BCUT2D eigenvalue weighted by Crippen LogP contribution is -2.15. The van der Waals surface area contributed by atoms with E-state index in [1.54, 1.807) is 4.68 Å². The predicted octanol–water partition coefficient (Wildman–Crippen LogP) is 2.09. The van der Waals surface area contributed by atoms with Crippen molar-refractivity contribution in [1.29, 1.82) is 0 Å². The molecule has 0 saturated heterocycles. The molecule has 78 valence electrons. The van der Waals surface area contributed by atoms with E-state index >= 15 is 0 Å². The summed E-state index contributed by atoms with van der Waals surface area (Å²) in [4.78, 5) is 11.8. The Morgan fingerprint density at radius 3 is 2.47 bits per heavy atom. The fraction of sp³-hybridized carbons (Fsp3) is 0.250. The Morgan fingerprint density at radius 1 is 1.20 bits per heavy atom. The maximum atomic E-state index is 11.8. The van der Waals surface area contributed by atoms with E-state index in [-0.39, 0.29) is 5.56 Å². The third-order valence-corrected chi connectivity index (χ3v) is 2.63. The zero-order valence-electron chi connectivity index (χ0n) is 9.16. The number of H-pyrrole nitrogens is 1. The second-order valence-electron chi connectivity index (χ2n) is 3.84. The average molecular weight is 202 g/mol. The molecule has 1 N–H and O–H groups in total. The van der Waals surface area contributed by atoms with Gasteiger partial charge in [0, 0.05) is 11.3 Å². The molecule has 0 amide bonds. The normalized spacial score (nSPS) is 10.6. The number of nitrogens with one attached hydrogen (secondary N) is 1. The summed E-state index contributed by atoms with van der Waals surface area (Å²) in [5.74, 6) is 0. The third kappa shape index (κ3) is 1.61. The van der Waals surface area contributed by atoms with Crippen LogP contribution < -0.4 is 5.56 Å². The molecule has 2 aromatic rings. The number of aromatic amines is 1. The van der Waals surface area contributed by atoms with Crippen LogP contribution in [0.1, 0.15) is 16.8 Å². The number of aromatic nitrogens is 2. The molecule has 15 heavy (non-hydrogen) atoms. The van der Waals surface area contributed by atoms with Crippen LogP contribution in [-0.2, 0) is 0 Å². The predicted molar refractivity (Wildman–Crippen MR) is 60.6 cm³/mol. The molecule has 1 aromatic carbocycles. The van der Waals surface area contributed by atoms with Crippen molar-refractivity contribution in [3.63, 3.8) is 0 Å². The van der Waals surface area contributed by atoms with E-state index in [0.717, 1.165) is 22.5 Å². The Labute approximate surface area is 88.4 Å². The van der Waals surface area contributed by atoms with E-state index in [9.17, 15) is 4.79 Å².